The Morgan fingerprint density at radius 1 is 1.30 bits per heavy atom. The summed E-state index contributed by atoms with van der Waals surface area (Å²) in [6, 6.07) is 3.98. The molecule has 3 aromatic heterocycles. The van der Waals surface area contributed by atoms with Crippen LogP contribution in [0.25, 0.3) is 33.2 Å². The molecule has 27 heavy (non-hydrogen) atoms. The summed E-state index contributed by atoms with van der Waals surface area (Å²) >= 11 is 0. The van der Waals surface area contributed by atoms with Gasteiger partial charge >= 0.3 is 0 Å². The van der Waals surface area contributed by atoms with Gasteiger partial charge in [0.2, 0.25) is 0 Å². The highest BCUT2D eigenvalue weighted by Crippen LogP contribution is 2.35. The summed E-state index contributed by atoms with van der Waals surface area (Å²) in [5, 5.41) is 16.4. The molecule has 136 valence electrons. The fourth-order valence-corrected chi connectivity index (χ4v) is 3.74. The molecule has 0 unspecified atom stereocenters. The largest absolute Gasteiger partial charge is 0.507 e. The lowest BCUT2D eigenvalue weighted by molar-refractivity contribution is 0.307. The summed E-state index contributed by atoms with van der Waals surface area (Å²) in [6.45, 7) is 1.83. The Morgan fingerprint density at radius 2 is 2.11 bits per heavy atom. The minimum Gasteiger partial charge on any atom is -0.507 e. The first kappa shape index (κ1) is 16.0. The standard InChI is InChI=1S/C20H19N5O2/c1-11-17-12(10-24(2)23-17)8-14(18(11)26)19-21-9-15-16(22-19)6-7-25(20(15)27)13-4-3-5-13/h6-10,13,26H,3-5H2,1-2H3. The average molecular weight is 361 g/mol. The van der Waals surface area contributed by atoms with E-state index in [4.69, 9.17) is 0 Å². The van der Waals surface area contributed by atoms with Crippen molar-refractivity contribution in [2.75, 3.05) is 0 Å². The molecule has 1 aromatic carbocycles. The van der Waals surface area contributed by atoms with Gasteiger partial charge in [-0.15, -0.1) is 0 Å². The second kappa shape index (κ2) is 5.64. The lowest BCUT2D eigenvalue weighted by Crippen LogP contribution is -2.28. The van der Waals surface area contributed by atoms with Crippen molar-refractivity contribution in [3.8, 4) is 17.1 Å². The molecule has 7 heteroatoms. The number of phenols is 1. The van der Waals surface area contributed by atoms with Gasteiger partial charge in [-0.2, -0.15) is 5.10 Å². The Bertz CT molecular complexity index is 1270. The third-order valence-electron chi connectivity index (χ3n) is 5.51. The number of hydrogen-bond donors (Lipinski definition) is 1. The molecule has 7 nitrogen and oxygen atoms in total. The van der Waals surface area contributed by atoms with E-state index < -0.39 is 0 Å². The molecule has 1 aliphatic rings. The number of pyridine rings is 1. The number of benzene rings is 1. The Morgan fingerprint density at radius 3 is 2.85 bits per heavy atom. The van der Waals surface area contributed by atoms with Gasteiger partial charge in [0.1, 0.15) is 5.75 Å². The average Bonchev–Trinajstić information content (AvgIpc) is 2.99. The van der Waals surface area contributed by atoms with Gasteiger partial charge in [-0.1, -0.05) is 0 Å². The molecule has 0 saturated heterocycles. The SMILES string of the molecule is Cc1c(O)c(-c2ncc3c(=O)n(C4CCC4)ccc3n2)cc2cn(C)nc12. The third-order valence-corrected chi connectivity index (χ3v) is 5.51. The van der Waals surface area contributed by atoms with Gasteiger partial charge in [-0.25, -0.2) is 9.97 Å². The summed E-state index contributed by atoms with van der Waals surface area (Å²) in [7, 11) is 1.84. The second-order valence-electron chi connectivity index (χ2n) is 7.24. The minimum atomic E-state index is -0.0492. The topological polar surface area (TPSA) is 85.8 Å². The van der Waals surface area contributed by atoms with Crippen molar-refractivity contribution in [1.82, 2.24) is 24.3 Å². The van der Waals surface area contributed by atoms with Gasteiger partial charge in [0.05, 0.1) is 22.0 Å². The molecule has 0 amide bonds. The van der Waals surface area contributed by atoms with Crippen molar-refractivity contribution < 1.29 is 5.11 Å². The number of aromatic hydroxyl groups is 1. The number of rotatable bonds is 2. The van der Waals surface area contributed by atoms with Crippen LogP contribution in [-0.4, -0.2) is 29.4 Å². The van der Waals surface area contributed by atoms with Gasteiger partial charge in [0.15, 0.2) is 5.82 Å². The highest BCUT2D eigenvalue weighted by atomic mass is 16.3. The van der Waals surface area contributed by atoms with Crippen molar-refractivity contribution in [3.05, 3.63) is 46.6 Å². The minimum absolute atomic E-state index is 0.0492. The van der Waals surface area contributed by atoms with Crippen molar-refractivity contribution in [2.24, 2.45) is 7.05 Å². The number of aromatic nitrogens is 5. The maximum Gasteiger partial charge on any atom is 0.261 e. The lowest BCUT2D eigenvalue weighted by atomic mass is 9.93. The highest BCUT2D eigenvalue weighted by molar-refractivity contribution is 5.90. The zero-order chi connectivity index (χ0) is 18.7. The number of aryl methyl sites for hydroxylation is 2. The molecule has 3 heterocycles. The van der Waals surface area contributed by atoms with Crippen molar-refractivity contribution in [2.45, 2.75) is 32.2 Å². The smallest absolute Gasteiger partial charge is 0.261 e. The Labute approximate surface area is 154 Å². The predicted octanol–water partition coefficient (Wildman–Crippen LogP) is 3.08. The molecule has 1 N–H and O–H groups in total. The Balaban J connectivity index is 1.68. The fraction of sp³-hybridized carbons (Fsp3) is 0.300. The Hall–Kier alpha value is -3.22. The van der Waals surface area contributed by atoms with Crippen LogP contribution in [0.4, 0.5) is 0 Å². The zero-order valence-electron chi connectivity index (χ0n) is 15.2. The summed E-state index contributed by atoms with van der Waals surface area (Å²) in [4.78, 5) is 21.7. The Kier molecular flexibility index (Phi) is 3.34. The molecule has 0 spiro atoms. The summed E-state index contributed by atoms with van der Waals surface area (Å²) in [5.74, 6) is 0.512. The van der Waals surface area contributed by atoms with Gasteiger partial charge in [-0.05, 0) is 38.3 Å². The van der Waals surface area contributed by atoms with Gasteiger partial charge in [0, 0.05) is 42.6 Å². The molecule has 0 atom stereocenters. The summed E-state index contributed by atoms with van der Waals surface area (Å²) in [5.41, 5.74) is 2.52. The van der Waals surface area contributed by atoms with Crippen molar-refractivity contribution in [1.29, 1.82) is 0 Å². The summed E-state index contributed by atoms with van der Waals surface area (Å²) in [6.07, 6.45) is 8.53. The fourth-order valence-electron chi connectivity index (χ4n) is 3.74. The molecular formula is C20H19N5O2. The van der Waals surface area contributed by atoms with Gasteiger partial charge in [0.25, 0.3) is 5.56 Å². The van der Waals surface area contributed by atoms with Crippen LogP contribution >= 0.6 is 0 Å². The molecule has 0 bridgehead atoms. The van der Waals surface area contributed by atoms with Crippen molar-refractivity contribution in [3.63, 3.8) is 0 Å². The predicted molar refractivity (Wildman–Crippen MR) is 103 cm³/mol. The highest BCUT2D eigenvalue weighted by Gasteiger charge is 2.21. The first-order valence-electron chi connectivity index (χ1n) is 9.07. The number of nitrogens with zero attached hydrogens (tertiary/aromatic N) is 5. The van der Waals surface area contributed by atoms with E-state index >= 15 is 0 Å². The van der Waals surface area contributed by atoms with Crippen LogP contribution in [0.5, 0.6) is 5.75 Å². The lowest BCUT2D eigenvalue weighted by Gasteiger charge is -2.27. The van der Waals surface area contributed by atoms with E-state index in [-0.39, 0.29) is 11.3 Å². The van der Waals surface area contributed by atoms with E-state index in [0.29, 0.717) is 33.9 Å². The van der Waals surface area contributed by atoms with E-state index in [1.165, 1.54) is 6.42 Å². The first-order valence-corrected chi connectivity index (χ1v) is 9.07. The third kappa shape index (κ3) is 2.34. The number of phenolic OH excluding ortho intramolecular Hbond substituents is 1. The maximum absolute atomic E-state index is 12.7. The monoisotopic (exact) mass is 361 g/mol. The van der Waals surface area contributed by atoms with E-state index in [0.717, 1.165) is 23.7 Å². The van der Waals surface area contributed by atoms with Crippen LogP contribution in [0.15, 0.2) is 35.5 Å². The normalized spacial score (nSPS) is 14.7. The van der Waals surface area contributed by atoms with E-state index in [9.17, 15) is 9.90 Å². The molecule has 1 saturated carbocycles. The van der Waals surface area contributed by atoms with Gasteiger partial charge in [-0.3, -0.25) is 9.48 Å². The molecule has 0 radical (unpaired) electrons. The number of hydrogen-bond acceptors (Lipinski definition) is 5. The van der Waals surface area contributed by atoms with E-state index in [1.807, 2.05) is 38.5 Å². The van der Waals surface area contributed by atoms with Crippen LogP contribution in [0.2, 0.25) is 0 Å². The second-order valence-corrected chi connectivity index (χ2v) is 7.24. The van der Waals surface area contributed by atoms with Crippen LogP contribution < -0.4 is 5.56 Å². The van der Waals surface area contributed by atoms with E-state index in [2.05, 4.69) is 15.1 Å². The molecule has 5 rings (SSSR count). The van der Waals surface area contributed by atoms with Crippen LogP contribution in [0, 0.1) is 6.92 Å². The number of fused-ring (bicyclic) bond motifs is 2. The maximum atomic E-state index is 12.7. The van der Waals surface area contributed by atoms with Crippen LogP contribution in [-0.2, 0) is 7.05 Å². The molecule has 1 aliphatic carbocycles. The van der Waals surface area contributed by atoms with Gasteiger partial charge < -0.3 is 9.67 Å². The molecular weight excluding hydrogens is 342 g/mol. The molecule has 4 aromatic rings. The first-order chi connectivity index (χ1) is 13.0. The van der Waals surface area contributed by atoms with E-state index in [1.54, 1.807) is 15.4 Å². The summed E-state index contributed by atoms with van der Waals surface area (Å²) < 4.78 is 3.50. The quantitative estimate of drug-likeness (QED) is 0.593. The molecule has 0 aliphatic heterocycles. The van der Waals surface area contributed by atoms with Crippen LogP contribution in [0.1, 0.15) is 30.9 Å². The van der Waals surface area contributed by atoms with Crippen molar-refractivity contribution >= 4 is 21.8 Å². The molecule has 1 fully saturated rings. The zero-order valence-corrected chi connectivity index (χ0v) is 15.2. The van der Waals surface area contributed by atoms with Crippen LogP contribution in [0.3, 0.4) is 0 Å².